The molecule has 0 fully saturated rings. The van der Waals surface area contributed by atoms with E-state index in [4.69, 9.17) is 5.10 Å². The molecule has 0 radical (unpaired) electrons. The molecule has 9 aromatic rings. The van der Waals surface area contributed by atoms with Gasteiger partial charge in [0.15, 0.2) is 10.9 Å². The van der Waals surface area contributed by atoms with E-state index in [-0.39, 0.29) is 16.8 Å². The predicted octanol–water partition coefficient (Wildman–Crippen LogP) is 7.56. The molecule has 7 aromatic carbocycles. The molecule has 38 heavy (non-hydrogen) atoms. The van der Waals surface area contributed by atoms with Crippen LogP contribution in [0.4, 0.5) is 0 Å². The van der Waals surface area contributed by atoms with Crippen LogP contribution in [0.1, 0.15) is 25.3 Å². The lowest BCUT2D eigenvalue weighted by molar-refractivity contribution is 0.878. The van der Waals surface area contributed by atoms with Crippen LogP contribution >= 0.6 is 0 Å². The highest BCUT2D eigenvalue weighted by Gasteiger charge is 2.24. The van der Waals surface area contributed by atoms with Gasteiger partial charge in [0.2, 0.25) is 0 Å². The fraction of sp³-hybridized carbons (Fsp3) is 0.0882. The van der Waals surface area contributed by atoms with E-state index in [2.05, 4.69) is 56.3 Å². The first-order valence-corrected chi connectivity index (χ1v) is 13.0. The van der Waals surface area contributed by atoms with E-state index >= 15 is 0 Å². The second-order valence-corrected chi connectivity index (χ2v) is 10.9. The van der Waals surface area contributed by atoms with E-state index in [0.29, 0.717) is 0 Å². The Labute approximate surface area is 215 Å². The Bertz CT molecular complexity index is 2580. The van der Waals surface area contributed by atoms with E-state index in [1.165, 1.54) is 5.56 Å². The second kappa shape index (κ2) is 6.53. The van der Waals surface area contributed by atoms with Crippen molar-refractivity contribution in [2.45, 2.75) is 19.8 Å². The molecular weight excluding hydrogens is 468 g/mol. The van der Waals surface area contributed by atoms with Gasteiger partial charge in [-0.1, -0.05) is 56.3 Å². The molecule has 4 nitrogen and oxygen atoms in total. The molecule has 0 N–H and O–H groups in total. The number of fused-ring (bicyclic) bond motifs is 6. The van der Waals surface area contributed by atoms with Crippen LogP contribution in [0.2, 0.25) is 0 Å². The highest BCUT2D eigenvalue weighted by atomic mass is 16.1. The molecule has 178 valence electrons. The summed E-state index contributed by atoms with van der Waals surface area (Å²) in [6, 6.07) is 26.2. The highest BCUT2D eigenvalue weighted by Crippen LogP contribution is 2.45. The van der Waals surface area contributed by atoms with Crippen LogP contribution in [0.5, 0.6) is 0 Å². The van der Waals surface area contributed by atoms with Crippen molar-refractivity contribution in [2.75, 3.05) is 0 Å². The van der Waals surface area contributed by atoms with Gasteiger partial charge in [0.05, 0.1) is 11.0 Å². The third-order valence-corrected chi connectivity index (χ3v) is 8.54. The Morgan fingerprint density at radius 3 is 2.32 bits per heavy atom. The van der Waals surface area contributed by atoms with Gasteiger partial charge in [-0.25, -0.2) is 4.52 Å². The Kier molecular flexibility index (Phi) is 3.48. The minimum Gasteiger partial charge on any atom is -0.290 e. The lowest BCUT2D eigenvalue weighted by Crippen LogP contribution is -2.07. The molecule has 0 aliphatic rings. The quantitative estimate of drug-likeness (QED) is 0.177. The van der Waals surface area contributed by atoms with E-state index < -0.39 is 0 Å². The summed E-state index contributed by atoms with van der Waals surface area (Å²) >= 11 is 0. The molecule has 4 heteroatoms. The molecule has 0 atom stereocenters. The number of benzene rings is 7. The number of nitrogens with zero attached hydrogens (tertiary/aromatic N) is 2. The zero-order valence-electron chi connectivity index (χ0n) is 20.8. The van der Waals surface area contributed by atoms with Crippen LogP contribution in [0.15, 0.2) is 88.5 Å². The molecule has 0 amide bonds. The summed E-state index contributed by atoms with van der Waals surface area (Å²) in [5.41, 5.74) is 3.84. The Morgan fingerprint density at radius 1 is 0.632 bits per heavy atom. The van der Waals surface area contributed by atoms with Crippen LogP contribution in [-0.4, -0.2) is 9.61 Å². The zero-order chi connectivity index (χ0) is 25.4. The maximum atomic E-state index is 13.9. The molecule has 0 bridgehead atoms. The Morgan fingerprint density at radius 2 is 1.45 bits per heavy atom. The van der Waals surface area contributed by atoms with Crippen LogP contribution in [-0.2, 0) is 0 Å². The Hall–Kier alpha value is -4.83. The van der Waals surface area contributed by atoms with Crippen molar-refractivity contribution in [3.8, 4) is 0 Å². The van der Waals surface area contributed by atoms with Crippen LogP contribution in [0, 0.1) is 0 Å². The van der Waals surface area contributed by atoms with Crippen LogP contribution < -0.4 is 10.9 Å². The normalized spacial score (nSPS) is 12.9. The van der Waals surface area contributed by atoms with Crippen molar-refractivity contribution >= 4 is 81.2 Å². The summed E-state index contributed by atoms with van der Waals surface area (Å²) in [7, 11) is 0. The van der Waals surface area contributed by atoms with Crippen molar-refractivity contribution < 1.29 is 0 Å². The smallest absolute Gasteiger partial charge is 0.189 e. The predicted molar refractivity (Wildman–Crippen MR) is 158 cm³/mol. The Balaban J connectivity index is 1.66. The summed E-state index contributed by atoms with van der Waals surface area (Å²) in [5, 5.41) is 17.4. The summed E-state index contributed by atoms with van der Waals surface area (Å²) in [5.74, 6) is 0.283. The van der Waals surface area contributed by atoms with Gasteiger partial charge in [-0.05, 0) is 74.1 Å². The minimum atomic E-state index is -0.0336. The van der Waals surface area contributed by atoms with Crippen molar-refractivity contribution in [2.24, 2.45) is 0 Å². The van der Waals surface area contributed by atoms with E-state index in [1.807, 2.05) is 22.7 Å². The van der Waals surface area contributed by atoms with Crippen molar-refractivity contribution in [3.05, 3.63) is 105 Å². The number of aromatic nitrogens is 2. The summed E-state index contributed by atoms with van der Waals surface area (Å²) in [4.78, 5) is 26.3. The average molecular weight is 489 g/mol. The summed E-state index contributed by atoms with van der Waals surface area (Å²) in [6.07, 6.45) is 0. The van der Waals surface area contributed by atoms with E-state index in [0.717, 1.165) is 81.2 Å². The first-order chi connectivity index (χ1) is 18.5. The van der Waals surface area contributed by atoms with Gasteiger partial charge in [0, 0.05) is 38.4 Å². The molecule has 0 aliphatic heterocycles. The zero-order valence-corrected chi connectivity index (χ0v) is 20.8. The molecule has 2 heterocycles. The highest BCUT2D eigenvalue weighted by molar-refractivity contribution is 6.35. The average Bonchev–Trinajstić information content (AvgIpc) is 3.32. The standard InChI is InChI=1S/C34H20N2O2/c1-16(2)23-14-26-22-10-8-19-11-18-7-9-20(37)13-24(18)33-29(19)34(22)36(35-33)27-15-28(38)31-21-6-4-3-5-17(21)12-25(23)32(31)30(26)27/h3-16H,1-2H3. The fourth-order valence-corrected chi connectivity index (χ4v) is 6.93. The van der Waals surface area contributed by atoms with E-state index in [1.54, 1.807) is 18.2 Å². The van der Waals surface area contributed by atoms with Gasteiger partial charge in [-0.15, -0.1) is 0 Å². The summed E-state index contributed by atoms with van der Waals surface area (Å²) < 4.78 is 1.96. The monoisotopic (exact) mass is 488 g/mol. The fourth-order valence-electron chi connectivity index (χ4n) is 6.93. The van der Waals surface area contributed by atoms with Gasteiger partial charge in [0.25, 0.3) is 0 Å². The maximum absolute atomic E-state index is 13.9. The van der Waals surface area contributed by atoms with Gasteiger partial charge < -0.3 is 0 Å². The number of rotatable bonds is 1. The first kappa shape index (κ1) is 20.3. The second-order valence-electron chi connectivity index (χ2n) is 10.9. The van der Waals surface area contributed by atoms with Gasteiger partial charge >= 0.3 is 0 Å². The third kappa shape index (κ3) is 2.25. The molecule has 9 rings (SSSR count). The van der Waals surface area contributed by atoms with Gasteiger partial charge in [0.1, 0.15) is 5.52 Å². The lowest BCUT2D eigenvalue weighted by atomic mass is 9.85. The molecule has 0 saturated carbocycles. The molecule has 0 saturated heterocycles. The SMILES string of the molecule is CC(C)c1cc2c3ccc4cc5ccc(=O)cc5c5nn(c6cc(=O)c7c8ccccc8cc1c7c26)c3c45. The summed E-state index contributed by atoms with van der Waals surface area (Å²) in [6.45, 7) is 4.43. The van der Waals surface area contributed by atoms with E-state index in [9.17, 15) is 9.59 Å². The van der Waals surface area contributed by atoms with Crippen molar-refractivity contribution in [1.29, 1.82) is 0 Å². The van der Waals surface area contributed by atoms with Crippen molar-refractivity contribution in [3.63, 3.8) is 0 Å². The minimum absolute atomic E-state index is 0.00893. The van der Waals surface area contributed by atoms with Crippen molar-refractivity contribution in [1.82, 2.24) is 9.61 Å². The van der Waals surface area contributed by atoms with Gasteiger partial charge in [-0.3, -0.25) is 9.59 Å². The van der Waals surface area contributed by atoms with Crippen LogP contribution in [0.3, 0.4) is 0 Å². The molecular formula is C34H20N2O2. The first-order valence-electron chi connectivity index (χ1n) is 13.0. The largest absolute Gasteiger partial charge is 0.290 e. The molecule has 0 spiro atoms. The lowest BCUT2D eigenvalue weighted by Gasteiger charge is -2.19. The third-order valence-electron chi connectivity index (χ3n) is 8.54. The molecule has 0 unspecified atom stereocenters. The number of hydrogen-bond donors (Lipinski definition) is 0. The van der Waals surface area contributed by atoms with Gasteiger partial charge in [-0.2, -0.15) is 5.10 Å². The molecule has 2 aromatic heterocycles. The number of pyridine rings is 1. The number of hydrogen-bond acceptors (Lipinski definition) is 3. The topological polar surface area (TPSA) is 51.4 Å². The molecule has 0 aliphatic carbocycles. The van der Waals surface area contributed by atoms with Crippen LogP contribution in [0.25, 0.3) is 81.2 Å². The maximum Gasteiger partial charge on any atom is 0.189 e.